The smallest absolute Gasteiger partial charge is 0.221 e. The molecular formula is C11H10INO2. The van der Waals surface area contributed by atoms with Crippen LogP contribution in [0, 0.1) is 3.57 Å². The molecule has 1 aromatic carbocycles. The maximum Gasteiger partial charge on any atom is 0.221 e. The molecule has 2 aromatic rings. The first-order valence-electron chi connectivity index (χ1n) is 4.42. The number of hydrogen-bond acceptors (Lipinski definition) is 3. The molecule has 0 aliphatic rings. The van der Waals surface area contributed by atoms with Crippen LogP contribution < -0.4 is 9.47 Å². The highest BCUT2D eigenvalue weighted by molar-refractivity contribution is 14.1. The average molecular weight is 315 g/mol. The van der Waals surface area contributed by atoms with Crippen LogP contribution in [-0.2, 0) is 0 Å². The maximum absolute atomic E-state index is 5.25. The number of halogens is 1. The van der Waals surface area contributed by atoms with E-state index in [1.165, 1.54) is 0 Å². The summed E-state index contributed by atoms with van der Waals surface area (Å²) in [6, 6.07) is 6.08. The van der Waals surface area contributed by atoms with E-state index >= 15 is 0 Å². The Balaban J connectivity index is 2.80. The lowest BCUT2D eigenvalue weighted by Crippen LogP contribution is -1.92. The molecule has 0 unspecified atom stereocenters. The van der Waals surface area contributed by atoms with Crippen molar-refractivity contribution in [3.8, 4) is 11.6 Å². The fourth-order valence-corrected chi connectivity index (χ4v) is 1.98. The predicted octanol–water partition coefficient (Wildman–Crippen LogP) is 2.86. The summed E-state index contributed by atoms with van der Waals surface area (Å²) in [5.41, 5.74) is 0. The van der Waals surface area contributed by atoms with Crippen LogP contribution in [0.2, 0.25) is 0 Å². The Labute approximate surface area is 102 Å². The number of pyridine rings is 1. The van der Waals surface area contributed by atoms with E-state index in [1.54, 1.807) is 20.4 Å². The fraction of sp³-hybridized carbons (Fsp3) is 0.182. The topological polar surface area (TPSA) is 31.4 Å². The van der Waals surface area contributed by atoms with Crippen LogP contribution in [0.15, 0.2) is 24.4 Å². The van der Waals surface area contributed by atoms with E-state index in [-0.39, 0.29) is 0 Å². The summed E-state index contributed by atoms with van der Waals surface area (Å²) in [6.07, 6.45) is 1.67. The van der Waals surface area contributed by atoms with Crippen molar-refractivity contribution >= 4 is 33.4 Å². The third kappa shape index (κ3) is 1.86. The molecule has 15 heavy (non-hydrogen) atoms. The largest absolute Gasteiger partial charge is 0.494 e. The lowest BCUT2D eigenvalue weighted by Gasteiger charge is -2.08. The fourth-order valence-electron chi connectivity index (χ4n) is 1.49. The zero-order valence-corrected chi connectivity index (χ0v) is 10.6. The molecule has 0 N–H and O–H groups in total. The van der Waals surface area contributed by atoms with Gasteiger partial charge in [0.25, 0.3) is 0 Å². The van der Waals surface area contributed by atoms with Crippen molar-refractivity contribution < 1.29 is 9.47 Å². The van der Waals surface area contributed by atoms with E-state index in [2.05, 4.69) is 27.6 Å². The number of nitrogens with zero attached hydrogens (tertiary/aromatic N) is 1. The Morgan fingerprint density at radius 3 is 2.60 bits per heavy atom. The second-order valence-electron chi connectivity index (χ2n) is 3.03. The number of fused-ring (bicyclic) bond motifs is 1. The molecule has 0 amide bonds. The Morgan fingerprint density at radius 2 is 1.93 bits per heavy atom. The Bertz CT molecular complexity index is 499. The van der Waals surface area contributed by atoms with Crippen molar-refractivity contribution in [2.75, 3.05) is 14.2 Å². The number of methoxy groups -OCH3 is 2. The number of hydrogen-bond donors (Lipinski definition) is 0. The van der Waals surface area contributed by atoms with E-state index < -0.39 is 0 Å². The Hall–Kier alpha value is -1.04. The zero-order chi connectivity index (χ0) is 10.8. The molecule has 0 saturated heterocycles. The molecule has 2 rings (SSSR count). The van der Waals surface area contributed by atoms with Crippen molar-refractivity contribution in [2.45, 2.75) is 0 Å². The van der Waals surface area contributed by atoms with E-state index in [9.17, 15) is 0 Å². The monoisotopic (exact) mass is 315 g/mol. The summed E-state index contributed by atoms with van der Waals surface area (Å²) >= 11 is 2.26. The highest BCUT2D eigenvalue weighted by Gasteiger charge is 2.08. The van der Waals surface area contributed by atoms with Gasteiger partial charge in [0.1, 0.15) is 5.75 Å². The third-order valence-electron chi connectivity index (χ3n) is 2.19. The normalized spacial score (nSPS) is 10.3. The molecule has 0 atom stereocenters. The number of benzene rings is 1. The van der Waals surface area contributed by atoms with Crippen LogP contribution in [0.1, 0.15) is 0 Å². The summed E-state index contributed by atoms with van der Waals surface area (Å²) in [7, 11) is 3.26. The van der Waals surface area contributed by atoms with Gasteiger partial charge in [0, 0.05) is 14.3 Å². The van der Waals surface area contributed by atoms with Crippen molar-refractivity contribution in [3.05, 3.63) is 28.0 Å². The van der Waals surface area contributed by atoms with E-state index in [4.69, 9.17) is 9.47 Å². The first-order chi connectivity index (χ1) is 7.26. The molecule has 0 aliphatic carbocycles. The first-order valence-corrected chi connectivity index (χ1v) is 5.50. The minimum Gasteiger partial charge on any atom is -0.494 e. The lowest BCUT2D eigenvalue weighted by molar-refractivity contribution is 0.395. The van der Waals surface area contributed by atoms with E-state index in [1.807, 2.05) is 18.2 Å². The van der Waals surface area contributed by atoms with E-state index in [0.717, 1.165) is 20.1 Å². The van der Waals surface area contributed by atoms with Gasteiger partial charge in [-0.25, -0.2) is 4.98 Å². The molecule has 0 fully saturated rings. The lowest BCUT2D eigenvalue weighted by atomic mass is 10.1. The molecule has 0 spiro atoms. The standard InChI is InChI=1S/C11H10INO2/c1-14-10-6-13-11(15-2)9-5-7(12)3-4-8(9)10/h3-6H,1-2H3. The van der Waals surface area contributed by atoms with Gasteiger partial charge < -0.3 is 9.47 Å². The van der Waals surface area contributed by atoms with Gasteiger partial charge >= 0.3 is 0 Å². The molecule has 78 valence electrons. The number of ether oxygens (including phenoxy) is 2. The summed E-state index contributed by atoms with van der Waals surface area (Å²) in [4.78, 5) is 4.19. The molecule has 3 nitrogen and oxygen atoms in total. The first kappa shape index (κ1) is 10.5. The average Bonchev–Trinajstić information content (AvgIpc) is 2.27. The molecule has 4 heteroatoms. The number of aromatic nitrogens is 1. The molecule has 1 heterocycles. The Morgan fingerprint density at radius 1 is 1.13 bits per heavy atom. The molecule has 0 saturated carbocycles. The molecular weight excluding hydrogens is 305 g/mol. The minimum atomic E-state index is 0.629. The van der Waals surface area contributed by atoms with Crippen molar-refractivity contribution in [2.24, 2.45) is 0 Å². The summed E-state index contributed by atoms with van der Waals surface area (Å²) in [5, 5.41) is 1.99. The van der Waals surface area contributed by atoms with Gasteiger partial charge in [-0.2, -0.15) is 0 Å². The van der Waals surface area contributed by atoms with Gasteiger partial charge in [-0.1, -0.05) is 0 Å². The Kier molecular flexibility index (Phi) is 2.95. The van der Waals surface area contributed by atoms with Gasteiger partial charge in [-0.05, 0) is 40.8 Å². The van der Waals surface area contributed by atoms with Gasteiger partial charge in [-0.3, -0.25) is 0 Å². The predicted molar refractivity (Wildman–Crippen MR) is 67.6 cm³/mol. The highest BCUT2D eigenvalue weighted by atomic mass is 127. The van der Waals surface area contributed by atoms with Gasteiger partial charge in [0.2, 0.25) is 5.88 Å². The summed E-state index contributed by atoms with van der Waals surface area (Å²) in [6.45, 7) is 0. The quantitative estimate of drug-likeness (QED) is 0.799. The van der Waals surface area contributed by atoms with Crippen LogP contribution in [0.25, 0.3) is 10.8 Å². The SMILES string of the molecule is COc1cnc(OC)c2cc(I)ccc12. The second-order valence-corrected chi connectivity index (χ2v) is 4.27. The van der Waals surface area contributed by atoms with Crippen molar-refractivity contribution in [1.29, 1.82) is 0 Å². The van der Waals surface area contributed by atoms with Gasteiger partial charge in [-0.15, -0.1) is 0 Å². The van der Waals surface area contributed by atoms with Gasteiger partial charge in [0.05, 0.1) is 20.4 Å². The van der Waals surface area contributed by atoms with Crippen molar-refractivity contribution in [3.63, 3.8) is 0 Å². The van der Waals surface area contributed by atoms with Crippen LogP contribution in [0.3, 0.4) is 0 Å². The summed E-state index contributed by atoms with van der Waals surface area (Å²) < 4.78 is 11.6. The summed E-state index contributed by atoms with van der Waals surface area (Å²) in [5.74, 6) is 1.39. The zero-order valence-electron chi connectivity index (χ0n) is 8.45. The second kappa shape index (κ2) is 4.22. The third-order valence-corrected chi connectivity index (χ3v) is 2.86. The molecule has 0 bridgehead atoms. The molecule has 1 aromatic heterocycles. The van der Waals surface area contributed by atoms with E-state index in [0.29, 0.717) is 5.88 Å². The van der Waals surface area contributed by atoms with Crippen LogP contribution in [0.5, 0.6) is 11.6 Å². The van der Waals surface area contributed by atoms with Crippen LogP contribution >= 0.6 is 22.6 Å². The van der Waals surface area contributed by atoms with Crippen LogP contribution in [-0.4, -0.2) is 19.2 Å². The van der Waals surface area contributed by atoms with Gasteiger partial charge in [0.15, 0.2) is 0 Å². The molecule has 0 aliphatic heterocycles. The van der Waals surface area contributed by atoms with Crippen molar-refractivity contribution in [1.82, 2.24) is 4.98 Å². The number of rotatable bonds is 2. The maximum atomic E-state index is 5.25. The molecule has 0 radical (unpaired) electrons. The van der Waals surface area contributed by atoms with Crippen LogP contribution in [0.4, 0.5) is 0 Å². The minimum absolute atomic E-state index is 0.629. The highest BCUT2D eigenvalue weighted by Crippen LogP contribution is 2.31.